The zero-order chi connectivity index (χ0) is 27.0. The number of aromatic nitrogens is 1. The monoisotopic (exact) mass is 523 g/mol. The van der Waals surface area contributed by atoms with Crippen LogP contribution >= 0.6 is 0 Å². The van der Waals surface area contributed by atoms with Gasteiger partial charge in [-0.05, 0) is 92.9 Å². The van der Waals surface area contributed by atoms with Crippen LogP contribution in [0, 0.1) is 11.8 Å². The molecule has 0 saturated heterocycles. The lowest BCUT2D eigenvalue weighted by molar-refractivity contribution is -0.131. The van der Waals surface area contributed by atoms with Crippen LogP contribution in [0.1, 0.15) is 68.9 Å². The maximum Gasteiger partial charge on any atom is 0.242 e. The van der Waals surface area contributed by atoms with E-state index in [0.29, 0.717) is 32.0 Å². The van der Waals surface area contributed by atoms with Crippen LogP contribution in [0.15, 0.2) is 48.8 Å². The van der Waals surface area contributed by atoms with Crippen LogP contribution in [-0.4, -0.2) is 42.5 Å². The summed E-state index contributed by atoms with van der Waals surface area (Å²) in [6, 6.07) is 10.9. The van der Waals surface area contributed by atoms with E-state index >= 15 is 0 Å². The Morgan fingerprint density at radius 2 is 1.58 bits per heavy atom. The van der Waals surface area contributed by atoms with Crippen LogP contribution in [0.25, 0.3) is 0 Å². The lowest BCUT2D eigenvalue weighted by Crippen LogP contribution is -2.50. The van der Waals surface area contributed by atoms with Gasteiger partial charge in [0.1, 0.15) is 18.4 Å². The predicted octanol–water partition coefficient (Wildman–Crippen LogP) is 3.48. The molecule has 1 aromatic heterocycles. The Kier molecular flexibility index (Phi) is 13.1. The molecule has 2 amide bonds. The summed E-state index contributed by atoms with van der Waals surface area (Å²) in [5, 5.41) is 6.11. The van der Waals surface area contributed by atoms with Gasteiger partial charge in [-0.2, -0.15) is 0 Å². The summed E-state index contributed by atoms with van der Waals surface area (Å²) in [7, 11) is 0. The Morgan fingerprint density at radius 3 is 2.26 bits per heavy atom. The summed E-state index contributed by atoms with van der Waals surface area (Å²) in [6.45, 7) is 2.47. The molecule has 38 heavy (non-hydrogen) atoms. The first-order valence-electron chi connectivity index (χ1n) is 14.2. The molecule has 3 rings (SSSR count). The Bertz CT molecular complexity index is 946. The van der Waals surface area contributed by atoms with Gasteiger partial charge < -0.3 is 26.8 Å². The van der Waals surface area contributed by atoms with Crippen molar-refractivity contribution >= 4 is 11.8 Å². The second-order valence-corrected chi connectivity index (χ2v) is 10.4. The number of nitrogens with one attached hydrogen (secondary N) is 2. The molecule has 0 aliphatic heterocycles. The number of benzene rings is 1. The van der Waals surface area contributed by atoms with Gasteiger partial charge in [-0.1, -0.05) is 31.4 Å². The minimum Gasteiger partial charge on any atom is -0.489 e. The van der Waals surface area contributed by atoms with E-state index in [0.717, 1.165) is 81.2 Å². The highest BCUT2D eigenvalue weighted by Gasteiger charge is 2.29. The van der Waals surface area contributed by atoms with Crippen molar-refractivity contribution in [3.63, 3.8) is 0 Å². The molecule has 8 heteroatoms. The quantitative estimate of drug-likeness (QED) is 0.249. The van der Waals surface area contributed by atoms with Gasteiger partial charge >= 0.3 is 0 Å². The average molecular weight is 524 g/mol. The molecule has 8 nitrogen and oxygen atoms in total. The standard InChI is InChI=1S/C30H45N5O3/c31-16-4-2-1-3-5-17-34-30(37)28(35-29(36)26-10-6-24(21-32)7-11-26)20-23-8-12-27(13-9-23)38-22-25-14-18-33-19-15-25/h8-9,12-15,18-19,24,26,28H,1-7,10-11,16-17,20-22,31-32H2,(H,34,37)(H,35,36)/t24?,26?,28-/m0/s1. The van der Waals surface area contributed by atoms with Crippen molar-refractivity contribution < 1.29 is 14.3 Å². The smallest absolute Gasteiger partial charge is 0.242 e. The zero-order valence-electron chi connectivity index (χ0n) is 22.6. The highest BCUT2D eigenvalue weighted by Crippen LogP contribution is 2.28. The third-order valence-electron chi connectivity index (χ3n) is 7.38. The Morgan fingerprint density at radius 1 is 0.895 bits per heavy atom. The number of nitrogens with two attached hydrogens (primary N) is 2. The van der Waals surface area contributed by atoms with Gasteiger partial charge in [0.15, 0.2) is 0 Å². The van der Waals surface area contributed by atoms with E-state index in [1.165, 1.54) is 0 Å². The molecule has 1 fully saturated rings. The summed E-state index contributed by atoms with van der Waals surface area (Å²) in [5.41, 5.74) is 13.4. The van der Waals surface area contributed by atoms with Crippen molar-refractivity contribution in [2.24, 2.45) is 23.3 Å². The highest BCUT2D eigenvalue weighted by atomic mass is 16.5. The molecule has 1 atom stereocenters. The zero-order valence-corrected chi connectivity index (χ0v) is 22.6. The predicted molar refractivity (Wildman–Crippen MR) is 150 cm³/mol. The molecule has 0 bridgehead atoms. The van der Waals surface area contributed by atoms with Gasteiger partial charge in [0.05, 0.1) is 0 Å². The molecule has 6 N–H and O–H groups in total. The number of pyridine rings is 1. The fourth-order valence-electron chi connectivity index (χ4n) is 4.90. The summed E-state index contributed by atoms with van der Waals surface area (Å²) in [4.78, 5) is 30.3. The maximum absolute atomic E-state index is 13.1. The van der Waals surface area contributed by atoms with Crippen molar-refractivity contribution in [1.82, 2.24) is 15.6 Å². The summed E-state index contributed by atoms with van der Waals surface area (Å²) >= 11 is 0. The number of ether oxygens (including phenoxy) is 1. The number of rotatable bonds is 16. The van der Waals surface area contributed by atoms with Crippen LogP contribution in [0.2, 0.25) is 0 Å². The minimum absolute atomic E-state index is 0.0280. The second-order valence-electron chi connectivity index (χ2n) is 10.4. The van der Waals surface area contributed by atoms with E-state index in [2.05, 4.69) is 15.6 Å². The molecule has 1 saturated carbocycles. The molecule has 0 unspecified atom stereocenters. The number of hydrogen-bond donors (Lipinski definition) is 4. The van der Waals surface area contributed by atoms with E-state index in [9.17, 15) is 9.59 Å². The van der Waals surface area contributed by atoms with Crippen LogP contribution in [0.4, 0.5) is 0 Å². The third kappa shape index (κ3) is 10.4. The molecule has 1 aromatic carbocycles. The Labute approximate surface area is 227 Å². The van der Waals surface area contributed by atoms with E-state index in [1.54, 1.807) is 12.4 Å². The number of hydrogen-bond acceptors (Lipinski definition) is 6. The van der Waals surface area contributed by atoms with Gasteiger partial charge in [-0.15, -0.1) is 0 Å². The Balaban J connectivity index is 1.55. The van der Waals surface area contributed by atoms with Gasteiger partial charge in [-0.25, -0.2) is 0 Å². The lowest BCUT2D eigenvalue weighted by Gasteiger charge is -2.28. The molecular formula is C30H45N5O3. The molecular weight excluding hydrogens is 478 g/mol. The van der Waals surface area contributed by atoms with Crippen molar-refractivity contribution in [3.8, 4) is 5.75 Å². The van der Waals surface area contributed by atoms with Crippen molar-refractivity contribution in [2.45, 2.75) is 76.9 Å². The topological polar surface area (TPSA) is 132 Å². The fourth-order valence-corrected chi connectivity index (χ4v) is 4.90. The molecule has 0 radical (unpaired) electrons. The van der Waals surface area contributed by atoms with E-state index in [4.69, 9.17) is 16.2 Å². The number of amides is 2. The second kappa shape index (κ2) is 16.8. The lowest BCUT2D eigenvalue weighted by atomic mass is 9.81. The molecule has 0 spiro atoms. The number of nitrogens with zero attached hydrogens (tertiary/aromatic N) is 1. The molecule has 2 aromatic rings. The maximum atomic E-state index is 13.1. The summed E-state index contributed by atoms with van der Waals surface area (Å²) in [5.74, 6) is 1.04. The summed E-state index contributed by atoms with van der Waals surface area (Å²) < 4.78 is 5.87. The SMILES string of the molecule is NCCCCCCCNC(=O)[C@H](Cc1ccc(OCc2ccncc2)cc1)NC(=O)C1CCC(CN)CC1. The van der Waals surface area contributed by atoms with Crippen molar-refractivity contribution in [1.29, 1.82) is 0 Å². The van der Waals surface area contributed by atoms with Crippen LogP contribution in [-0.2, 0) is 22.6 Å². The van der Waals surface area contributed by atoms with Crippen molar-refractivity contribution in [3.05, 3.63) is 59.9 Å². The van der Waals surface area contributed by atoms with E-state index in [1.807, 2.05) is 36.4 Å². The fraction of sp³-hybridized carbons (Fsp3) is 0.567. The van der Waals surface area contributed by atoms with E-state index in [-0.39, 0.29) is 17.7 Å². The first kappa shape index (κ1) is 29.6. The molecule has 208 valence electrons. The number of carbonyl (C=O) groups is 2. The van der Waals surface area contributed by atoms with Crippen LogP contribution in [0.3, 0.4) is 0 Å². The third-order valence-corrected chi connectivity index (χ3v) is 7.38. The normalized spacial score (nSPS) is 17.9. The largest absolute Gasteiger partial charge is 0.489 e. The van der Waals surface area contributed by atoms with Gasteiger partial charge in [0.2, 0.25) is 11.8 Å². The highest BCUT2D eigenvalue weighted by molar-refractivity contribution is 5.88. The van der Waals surface area contributed by atoms with E-state index < -0.39 is 6.04 Å². The van der Waals surface area contributed by atoms with Gasteiger partial charge in [-0.3, -0.25) is 14.6 Å². The molecule has 1 heterocycles. The molecule has 1 aliphatic rings. The minimum atomic E-state index is -0.615. The Hall–Kier alpha value is -2.97. The number of carbonyl (C=O) groups excluding carboxylic acids is 2. The average Bonchev–Trinajstić information content (AvgIpc) is 2.96. The van der Waals surface area contributed by atoms with Crippen LogP contribution < -0.4 is 26.8 Å². The first-order valence-corrected chi connectivity index (χ1v) is 14.2. The van der Waals surface area contributed by atoms with Gasteiger partial charge in [0.25, 0.3) is 0 Å². The number of unbranched alkanes of at least 4 members (excludes halogenated alkanes) is 4. The van der Waals surface area contributed by atoms with Crippen molar-refractivity contribution in [2.75, 3.05) is 19.6 Å². The van der Waals surface area contributed by atoms with Crippen LogP contribution in [0.5, 0.6) is 5.75 Å². The summed E-state index contributed by atoms with van der Waals surface area (Å²) in [6.07, 6.45) is 12.8. The first-order chi connectivity index (χ1) is 18.6. The van der Waals surface area contributed by atoms with Gasteiger partial charge in [0, 0.05) is 31.3 Å². The molecule has 1 aliphatic carbocycles.